The highest BCUT2D eigenvalue weighted by Crippen LogP contribution is 2.32. The molecule has 104 valence electrons. The Kier molecular flexibility index (Phi) is 4.23. The Labute approximate surface area is 120 Å². The van der Waals surface area contributed by atoms with Crippen LogP contribution in [0, 0.1) is 0 Å². The van der Waals surface area contributed by atoms with Crippen molar-refractivity contribution in [1.82, 2.24) is 0 Å². The van der Waals surface area contributed by atoms with Gasteiger partial charge >= 0.3 is 0 Å². The van der Waals surface area contributed by atoms with Crippen LogP contribution < -0.4 is 4.74 Å². The first kappa shape index (κ1) is 14.3. The quantitative estimate of drug-likeness (QED) is 0.763. The average Bonchev–Trinajstić information content (AvgIpc) is 2.48. The molecule has 0 saturated carbocycles. The van der Waals surface area contributed by atoms with E-state index in [4.69, 9.17) is 4.74 Å². The van der Waals surface area contributed by atoms with Crippen LogP contribution in [-0.4, -0.2) is 6.47 Å². The molecular weight excluding hydrogens is 248 g/mol. The predicted octanol–water partition coefficient (Wildman–Crippen LogP) is 4.11. The van der Waals surface area contributed by atoms with Gasteiger partial charge in [0.25, 0.3) is 6.47 Å². The van der Waals surface area contributed by atoms with Crippen LogP contribution in [0.1, 0.15) is 37.5 Å². The van der Waals surface area contributed by atoms with E-state index < -0.39 is 0 Å². The smallest absolute Gasteiger partial charge is 0.298 e. The number of rotatable bonds is 5. The average molecular weight is 268 g/mol. The van der Waals surface area contributed by atoms with Crippen molar-refractivity contribution in [2.24, 2.45) is 0 Å². The molecule has 0 atom stereocenters. The molecule has 2 nitrogen and oxygen atoms in total. The Bertz CT molecular complexity index is 565. The number of carbonyl (C=O) groups is 1. The summed E-state index contributed by atoms with van der Waals surface area (Å²) in [5.41, 5.74) is 3.74. The molecule has 2 aromatic carbocycles. The number of hydrogen-bond donors (Lipinski definition) is 0. The minimum Gasteiger partial charge on any atom is -0.429 e. The van der Waals surface area contributed by atoms with Gasteiger partial charge in [-0.2, -0.15) is 0 Å². The van der Waals surface area contributed by atoms with Crippen molar-refractivity contribution in [3.8, 4) is 5.75 Å². The molecule has 0 aliphatic rings. The molecule has 0 spiro atoms. The van der Waals surface area contributed by atoms with Gasteiger partial charge in [-0.3, -0.25) is 4.79 Å². The van der Waals surface area contributed by atoms with Crippen molar-refractivity contribution in [3.63, 3.8) is 0 Å². The summed E-state index contributed by atoms with van der Waals surface area (Å²) in [5.74, 6) is 0.570. The van der Waals surface area contributed by atoms with Crippen molar-refractivity contribution >= 4 is 6.47 Å². The van der Waals surface area contributed by atoms with Crippen molar-refractivity contribution in [2.45, 2.75) is 32.6 Å². The molecule has 0 bridgehead atoms. The van der Waals surface area contributed by atoms with Gasteiger partial charge in [-0.25, -0.2) is 0 Å². The second-order valence-corrected chi connectivity index (χ2v) is 5.41. The molecule has 0 aliphatic carbocycles. The Balaban J connectivity index is 2.29. The van der Waals surface area contributed by atoms with E-state index in [0.717, 1.165) is 6.42 Å². The van der Waals surface area contributed by atoms with Crippen LogP contribution in [0.25, 0.3) is 0 Å². The molecular formula is C18H20O2. The van der Waals surface area contributed by atoms with E-state index in [9.17, 15) is 4.79 Å². The van der Waals surface area contributed by atoms with E-state index in [1.54, 1.807) is 0 Å². The molecule has 2 aromatic rings. The van der Waals surface area contributed by atoms with E-state index >= 15 is 0 Å². The highest BCUT2D eigenvalue weighted by molar-refractivity contribution is 5.47. The molecule has 0 N–H and O–H groups in total. The maximum Gasteiger partial charge on any atom is 0.298 e. The lowest BCUT2D eigenvalue weighted by Crippen LogP contribution is -2.18. The predicted molar refractivity (Wildman–Crippen MR) is 81.1 cm³/mol. The molecule has 0 aromatic heterocycles. The van der Waals surface area contributed by atoms with Gasteiger partial charge in [-0.05, 0) is 35.2 Å². The number of hydrogen-bond acceptors (Lipinski definition) is 2. The lowest BCUT2D eigenvalue weighted by atomic mass is 9.78. The molecule has 2 heteroatoms. The summed E-state index contributed by atoms with van der Waals surface area (Å²) in [6.45, 7) is 7.00. The van der Waals surface area contributed by atoms with Crippen LogP contribution in [0.5, 0.6) is 5.75 Å². The Morgan fingerprint density at radius 3 is 1.90 bits per heavy atom. The molecule has 2 rings (SSSR count). The van der Waals surface area contributed by atoms with Crippen molar-refractivity contribution in [1.29, 1.82) is 0 Å². The van der Waals surface area contributed by atoms with Crippen LogP contribution >= 0.6 is 0 Å². The molecule has 0 fully saturated rings. The zero-order chi connectivity index (χ0) is 14.6. The monoisotopic (exact) mass is 268 g/mol. The third kappa shape index (κ3) is 2.90. The second-order valence-electron chi connectivity index (χ2n) is 5.41. The van der Waals surface area contributed by atoms with Gasteiger partial charge in [0, 0.05) is 5.41 Å². The van der Waals surface area contributed by atoms with Crippen molar-refractivity contribution < 1.29 is 9.53 Å². The molecule has 0 saturated heterocycles. The number of aryl methyl sites for hydroxylation is 1. The van der Waals surface area contributed by atoms with E-state index in [0.29, 0.717) is 12.2 Å². The number of benzene rings is 2. The van der Waals surface area contributed by atoms with E-state index in [2.05, 4.69) is 45.0 Å². The second kappa shape index (κ2) is 5.91. The summed E-state index contributed by atoms with van der Waals surface area (Å²) in [6, 6.07) is 16.4. The van der Waals surface area contributed by atoms with Crippen LogP contribution in [0.15, 0.2) is 48.5 Å². The SMILES string of the molecule is CCc1ccc(C(C)(C)c2ccc(OC=O)cc2)cc1. The maximum absolute atomic E-state index is 10.3. The summed E-state index contributed by atoms with van der Waals surface area (Å²) in [4.78, 5) is 10.3. The summed E-state index contributed by atoms with van der Waals surface area (Å²) >= 11 is 0. The Morgan fingerprint density at radius 2 is 1.45 bits per heavy atom. The van der Waals surface area contributed by atoms with Gasteiger partial charge in [0.05, 0.1) is 0 Å². The van der Waals surface area contributed by atoms with Gasteiger partial charge < -0.3 is 4.74 Å². The third-order valence-corrected chi connectivity index (χ3v) is 3.84. The van der Waals surface area contributed by atoms with E-state index in [-0.39, 0.29) is 5.41 Å². The highest BCUT2D eigenvalue weighted by Gasteiger charge is 2.22. The normalized spacial score (nSPS) is 11.2. The van der Waals surface area contributed by atoms with Gasteiger partial charge in [0.1, 0.15) is 5.75 Å². The Hall–Kier alpha value is -2.09. The summed E-state index contributed by atoms with van der Waals surface area (Å²) in [5, 5.41) is 0. The Morgan fingerprint density at radius 1 is 0.950 bits per heavy atom. The lowest BCUT2D eigenvalue weighted by Gasteiger charge is -2.26. The van der Waals surface area contributed by atoms with Gasteiger partial charge in [-0.1, -0.05) is 57.2 Å². The fourth-order valence-electron chi connectivity index (χ4n) is 2.33. The van der Waals surface area contributed by atoms with Crippen molar-refractivity contribution in [2.75, 3.05) is 0 Å². The first-order chi connectivity index (χ1) is 9.57. The van der Waals surface area contributed by atoms with Crippen LogP contribution in [0.2, 0.25) is 0 Å². The maximum atomic E-state index is 10.3. The summed E-state index contributed by atoms with van der Waals surface area (Å²) < 4.78 is 4.83. The topological polar surface area (TPSA) is 26.3 Å². The van der Waals surface area contributed by atoms with Crippen molar-refractivity contribution in [3.05, 3.63) is 65.2 Å². The third-order valence-electron chi connectivity index (χ3n) is 3.84. The number of carbonyl (C=O) groups excluding carboxylic acids is 1. The van der Waals surface area contributed by atoms with Gasteiger partial charge in [0.15, 0.2) is 0 Å². The largest absolute Gasteiger partial charge is 0.429 e. The minimum absolute atomic E-state index is 0.0774. The molecule has 0 unspecified atom stereocenters. The van der Waals surface area contributed by atoms with Gasteiger partial charge in [-0.15, -0.1) is 0 Å². The first-order valence-corrected chi connectivity index (χ1v) is 6.88. The van der Waals surface area contributed by atoms with Crippen LogP contribution in [0.3, 0.4) is 0 Å². The van der Waals surface area contributed by atoms with Gasteiger partial charge in [0.2, 0.25) is 0 Å². The molecule has 20 heavy (non-hydrogen) atoms. The standard InChI is InChI=1S/C18H20O2/c1-4-14-5-7-15(8-6-14)18(2,3)16-9-11-17(12-10-16)20-13-19/h5-13H,4H2,1-3H3. The molecule has 0 radical (unpaired) electrons. The highest BCUT2D eigenvalue weighted by atomic mass is 16.5. The summed E-state index contributed by atoms with van der Waals surface area (Å²) in [7, 11) is 0. The fourth-order valence-corrected chi connectivity index (χ4v) is 2.33. The van der Waals surface area contributed by atoms with Crippen LogP contribution in [-0.2, 0) is 16.6 Å². The summed E-state index contributed by atoms with van der Waals surface area (Å²) in [6.07, 6.45) is 1.05. The lowest BCUT2D eigenvalue weighted by molar-refractivity contribution is -0.120. The number of ether oxygens (including phenoxy) is 1. The zero-order valence-corrected chi connectivity index (χ0v) is 12.2. The molecule has 0 heterocycles. The van der Waals surface area contributed by atoms with Crippen LogP contribution in [0.4, 0.5) is 0 Å². The van der Waals surface area contributed by atoms with E-state index in [1.807, 2.05) is 24.3 Å². The van der Waals surface area contributed by atoms with E-state index in [1.165, 1.54) is 16.7 Å². The molecule has 0 aliphatic heterocycles. The molecule has 0 amide bonds. The fraction of sp³-hybridized carbons (Fsp3) is 0.278. The first-order valence-electron chi connectivity index (χ1n) is 6.88. The zero-order valence-electron chi connectivity index (χ0n) is 12.2. The minimum atomic E-state index is -0.0774.